The molecule has 2 saturated carbocycles. The second-order valence-corrected chi connectivity index (χ2v) is 11.9. The molecule has 2 heterocycles. The lowest BCUT2D eigenvalue weighted by Crippen LogP contribution is -2.18. The first-order valence-electron chi connectivity index (χ1n) is 14.3. The molecular weight excluding hydrogens is 487 g/mol. The van der Waals surface area contributed by atoms with Gasteiger partial charge in [0.25, 0.3) is 0 Å². The fourth-order valence-corrected chi connectivity index (χ4v) is 7.42. The Morgan fingerprint density at radius 2 is 1.14 bits per heavy atom. The molecule has 0 aromatic carbocycles. The van der Waals surface area contributed by atoms with Gasteiger partial charge in [0.2, 0.25) is 0 Å². The number of carbonyl (C=O) groups excluding carboxylic acids is 1. The van der Waals surface area contributed by atoms with E-state index in [1.54, 1.807) is 12.4 Å². The first-order chi connectivity index (χ1) is 17.6. The maximum Gasteiger partial charge on any atom is 0.132 e. The van der Waals surface area contributed by atoms with Gasteiger partial charge >= 0.3 is 0 Å². The molecule has 2 fully saturated rings. The van der Waals surface area contributed by atoms with E-state index in [-0.39, 0.29) is 0 Å². The van der Waals surface area contributed by atoms with Gasteiger partial charge < -0.3 is 0 Å². The summed E-state index contributed by atoms with van der Waals surface area (Å²) in [7, 11) is 0. The molecule has 0 aliphatic heterocycles. The molecule has 0 amide bonds. The summed E-state index contributed by atoms with van der Waals surface area (Å²) >= 11 is 13.1. The zero-order valence-electron chi connectivity index (χ0n) is 21.6. The van der Waals surface area contributed by atoms with Crippen molar-refractivity contribution in [3.05, 3.63) is 58.1 Å². The van der Waals surface area contributed by atoms with Crippen molar-refractivity contribution < 1.29 is 4.79 Å². The van der Waals surface area contributed by atoms with Crippen LogP contribution < -0.4 is 0 Å². The summed E-state index contributed by atoms with van der Waals surface area (Å²) in [6.07, 6.45) is 25.6. The Kier molecular flexibility index (Phi) is 11.1. The third kappa shape index (κ3) is 7.78. The molecule has 0 saturated heterocycles. The van der Waals surface area contributed by atoms with Gasteiger partial charge in [0.05, 0.1) is 10.0 Å². The minimum Gasteiger partial charge on any atom is -0.300 e. The smallest absolute Gasteiger partial charge is 0.132 e. The molecule has 0 spiro atoms. The number of pyridine rings is 2. The Bertz CT molecular complexity index is 878. The van der Waals surface area contributed by atoms with Crippen LogP contribution in [0.1, 0.15) is 126 Å². The van der Waals surface area contributed by atoms with Crippen LogP contribution in [0.4, 0.5) is 0 Å². The van der Waals surface area contributed by atoms with Crippen molar-refractivity contribution in [2.45, 2.75) is 115 Å². The number of ketones is 1. The predicted molar refractivity (Wildman–Crippen MR) is 150 cm³/mol. The van der Waals surface area contributed by atoms with E-state index in [0.29, 0.717) is 42.3 Å². The molecular formula is C31H42Cl2N2O. The minimum atomic E-state index is 0.404. The zero-order chi connectivity index (χ0) is 25.2. The number of nitrogens with zero attached hydrogens (tertiary/aromatic N) is 2. The molecule has 2 aliphatic rings. The van der Waals surface area contributed by atoms with E-state index >= 15 is 0 Å². The molecule has 0 unspecified atom stereocenters. The van der Waals surface area contributed by atoms with Crippen LogP contribution in [-0.2, 0) is 4.79 Å². The number of Topliss-reactive ketones (excluding diaryl/α,β-unsaturated/α-hetero) is 1. The first-order valence-corrected chi connectivity index (χ1v) is 15.1. The van der Waals surface area contributed by atoms with Crippen LogP contribution >= 0.6 is 23.2 Å². The lowest BCUT2D eigenvalue weighted by atomic mass is 9.74. The molecule has 0 N–H and O–H groups in total. The largest absolute Gasteiger partial charge is 0.300 e. The van der Waals surface area contributed by atoms with Crippen molar-refractivity contribution in [2.24, 2.45) is 11.8 Å². The minimum absolute atomic E-state index is 0.404. The summed E-state index contributed by atoms with van der Waals surface area (Å²) in [5.74, 6) is 2.64. The highest BCUT2D eigenvalue weighted by Crippen LogP contribution is 2.42. The Morgan fingerprint density at radius 3 is 1.53 bits per heavy atom. The SMILES string of the molecule is O=C(CCC[C@H](c1ccncc1Cl)C1CCCCC1)CCC[C@H](c1ccncc1Cl)C1CCCCC1. The number of aromatic nitrogens is 2. The molecule has 2 aromatic heterocycles. The molecule has 4 rings (SSSR count). The molecule has 0 radical (unpaired) electrons. The Morgan fingerprint density at radius 1 is 0.722 bits per heavy atom. The Labute approximate surface area is 227 Å². The molecule has 3 nitrogen and oxygen atoms in total. The summed E-state index contributed by atoms with van der Waals surface area (Å²) in [6, 6.07) is 4.19. The number of hydrogen-bond acceptors (Lipinski definition) is 3. The van der Waals surface area contributed by atoms with Gasteiger partial charge in [-0.3, -0.25) is 14.8 Å². The number of hydrogen-bond donors (Lipinski definition) is 0. The van der Waals surface area contributed by atoms with Crippen molar-refractivity contribution in [3.8, 4) is 0 Å². The van der Waals surface area contributed by atoms with Gasteiger partial charge in [-0.25, -0.2) is 0 Å². The lowest BCUT2D eigenvalue weighted by molar-refractivity contribution is -0.119. The van der Waals surface area contributed by atoms with Crippen LogP contribution in [0.2, 0.25) is 10.0 Å². The van der Waals surface area contributed by atoms with Crippen LogP contribution in [0.3, 0.4) is 0 Å². The summed E-state index contributed by atoms with van der Waals surface area (Å²) < 4.78 is 0. The van der Waals surface area contributed by atoms with E-state index in [1.165, 1.54) is 75.3 Å². The van der Waals surface area contributed by atoms with Crippen molar-refractivity contribution in [2.75, 3.05) is 0 Å². The number of carbonyl (C=O) groups is 1. The van der Waals surface area contributed by atoms with E-state index in [2.05, 4.69) is 22.1 Å². The molecule has 36 heavy (non-hydrogen) atoms. The normalized spacial score (nSPS) is 19.2. The highest BCUT2D eigenvalue weighted by atomic mass is 35.5. The molecule has 196 valence electrons. The van der Waals surface area contributed by atoms with Gasteiger partial charge in [0, 0.05) is 37.6 Å². The standard InChI is InChI=1S/C31H42Cl2N2O/c32-30-21-34-19-17-28(30)26(23-9-3-1-4-10-23)15-7-13-25(36)14-8-16-27(24-11-5-2-6-12-24)29-18-20-35-22-31(29)33/h17-24,26-27H,1-16H2/t26-,27-/m0/s1. The average Bonchev–Trinajstić information content (AvgIpc) is 2.91. The van der Waals surface area contributed by atoms with Gasteiger partial charge in [-0.2, -0.15) is 0 Å². The van der Waals surface area contributed by atoms with E-state index in [9.17, 15) is 4.79 Å². The number of rotatable bonds is 12. The van der Waals surface area contributed by atoms with Gasteiger partial charge in [-0.05, 0) is 98.3 Å². The van der Waals surface area contributed by atoms with Crippen LogP contribution in [0.5, 0.6) is 0 Å². The molecule has 2 aliphatic carbocycles. The highest BCUT2D eigenvalue weighted by molar-refractivity contribution is 6.31. The fraction of sp³-hybridized carbons (Fsp3) is 0.645. The van der Waals surface area contributed by atoms with Gasteiger partial charge in [-0.15, -0.1) is 0 Å². The predicted octanol–water partition coefficient (Wildman–Crippen LogP) is 9.72. The second-order valence-electron chi connectivity index (χ2n) is 11.1. The van der Waals surface area contributed by atoms with Crippen molar-refractivity contribution in [3.63, 3.8) is 0 Å². The van der Waals surface area contributed by atoms with Crippen molar-refractivity contribution in [1.29, 1.82) is 0 Å². The molecule has 2 atom stereocenters. The monoisotopic (exact) mass is 528 g/mol. The van der Waals surface area contributed by atoms with Gasteiger partial charge in [-0.1, -0.05) is 61.7 Å². The van der Waals surface area contributed by atoms with Crippen molar-refractivity contribution >= 4 is 29.0 Å². The first kappa shape index (κ1) is 27.6. The molecule has 0 bridgehead atoms. The third-order valence-corrected chi connectivity index (χ3v) is 9.42. The maximum atomic E-state index is 12.9. The zero-order valence-corrected chi connectivity index (χ0v) is 23.2. The second kappa shape index (κ2) is 14.5. The van der Waals surface area contributed by atoms with Crippen LogP contribution in [0, 0.1) is 11.8 Å². The van der Waals surface area contributed by atoms with E-state index in [0.717, 1.165) is 35.7 Å². The topological polar surface area (TPSA) is 42.9 Å². The summed E-state index contributed by atoms with van der Waals surface area (Å²) in [5.41, 5.74) is 2.46. The quantitative estimate of drug-likeness (QED) is 0.275. The van der Waals surface area contributed by atoms with Crippen molar-refractivity contribution in [1.82, 2.24) is 9.97 Å². The fourth-order valence-electron chi connectivity index (χ4n) is 6.90. The van der Waals surface area contributed by atoms with E-state index < -0.39 is 0 Å². The molecule has 5 heteroatoms. The molecule has 2 aromatic rings. The van der Waals surface area contributed by atoms with Crippen LogP contribution in [-0.4, -0.2) is 15.8 Å². The van der Waals surface area contributed by atoms with E-state index in [1.807, 2.05) is 12.4 Å². The Balaban J connectivity index is 1.29. The third-order valence-electron chi connectivity index (χ3n) is 8.79. The highest BCUT2D eigenvalue weighted by Gasteiger charge is 2.28. The summed E-state index contributed by atoms with van der Waals surface area (Å²) in [6.45, 7) is 0. The van der Waals surface area contributed by atoms with Crippen LogP contribution in [0.15, 0.2) is 36.9 Å². The Hall–Kier alpha value is -1.45. The van der Waals surface area contributed by atoms with Crippen LogP contribution in [0.25, 0.3) is 0 Å². The summed E-state index contributed by atoms with van der Waals surface area (Å²) in [5, 5.41) is 1.56. The summed E-state index contributed by atoms with van der Waals surface area (Å²) in [4.78, 5) is 21.3. The van der Waals surface area contributed by atoms with Gasteiger partial charge in [0.15, 0.2) is 0 Å². The van der Waals surface area contributed by atoms with Gasteiger partial charge in [0.1, 0.15) is 5.78 Å². The van der Waals surface area contributed by atoms with E-state index in [4.69, 9.17) is 23.2 Å². The average molecular weight is 530 g/mol. The lowest BCUT2D eigenvalue weighted by Gasteiger charge is -2.31. The number of halogens is 2. The maximum absolute atomic E-state index is 12.9.